The molecule has 0 saturated heterocycles. The van der Waals surface area contributed by atoms with Gasteiger partial charge in [-0.1, -0.05) is 27.7 Å². The Bertz CT molecular complexity index is 333. The highest BCUT2D eigenvalue weighted by atomic mass is 16.4. The predicted molar refractivity (Wildman–Crippen MR) is 78.7 cm³/mol. The van der Waals surface area contributed by atoms with Gasteiger partial charge in [0.05, 0.1) is 12.5 Å². The predicted octanol–water partition coefficient (Wildman–Crippen LogP) is 0.830. The molecule has 0 aromatic heterocycles. The van der Waals surface area contributed by atoms with Crippen LogP contribution in [-0.2, 0) is 9.59 Å². The second kappa shape index (κ2) is 9.70. The van der Waals surface area contributed by atoms with Gasteiger partial charge in [-0.3, -0.25) is 15.0 Å². The Morgan fingerprint density at radius 1 is 0.952 bits per heavy atom. The Labute approximate surface area is 125 Å². The van der Waals surface area contributed by atoms with Gasteiger partial charge in [-0.15, -0.1) is 0 Å². The maximum atomic E-state index is 11.2. The molecule has 3 atom stereocenters. The van der Waals surface area contributed by atoms with Crippen molar-refractivity contribution < 1.29 is 24.9 Å². The molecule has 0 spiro atoms. The Hall–Kier alpha value is -1.18. The number of aliphatic hydroxyl groups excluding tert-OH is 1. The number of hydrogen-bond acceptors (Lipinski definition) is 5. The lowest BCUT2D eigenvalue weighted by atomic mass is 9.98. The van der Waals surface area contributed by atoms with Crippen molar-refractivity contribution in [1.29, 1.82) is 0 Å². The van der Waals surface area contributed by atoms with Gasteiger partial charge in [-0.2, -0.15) is 0 Å². The number of aliphatic carboxylic acids is 2. The fourth-order valence-electron chi connectivity index (χ4n) is 2.04. The molecule has 0 amide bonds. The summed E-state index contributed by atoms with van der Waals surface area (Å²) < 4.78 is 0. The molecule has 0 aliphatic rings. The number of carbonyl (C=O) groups is 2. The van der Waals surface area contributed by atoms with Crippen LogP contribution in [0.2, 0.25) is 0 Å². The summed E-state index contributed by atoms with van der Waals surface area (Å²) in [5.74, 6) is -1.63. The lowest BCUT2D eigenvalue weighted by Gasteiger charge is -2.27. The second-order valence-corrected chi connectivity index (χ2v) is 6.21. The second-order valence-electron chi connectivity index (χ2n) is 6.21. The quantitative estimate of drug-likeness (QED) is 0.359. The third-order valence-corrected chi connectivity index (χ3v) is 3.02. The first-order chi connectivity index (χ1) is 9.63. The minimum atomic E-state index is -1.09. The fourth-order valence-corrected chi connectivity index (χ4v) is 2.04. The summed E-state index contributed by atoms with van der Waals surface area (Å²) in [7, 11) is 0. The van der Waals surface area contributed by atoms with E-state index in [0.29, 0.717) is 12.8 Å². The van der Waals surface area contributed by atoms with E-state index < -0.39 is 30.1 Å². The Balaban J connectivity index is 4.63. The summed E-state index contributed by atoms with van der Waals surface area (Å²) in [5, 5.41) is 27.8. The number of carboxylic acids is 2. The summed E-state index contributed by atoms with van der Waals surface area (Å²) in [6.07, 6.45) is -0.485. The van der Waals surface area contributed by atoms with Crippen molar-refractivity contribution in [1.82, 2.24) is 10.9 Å². The van der Waals surface area contributed by atoms with E-state index >= 15 is 0 Å². The van der Waals surface area contributed by atoms with Crippen molar-refractivity contribution >= 4 is 11.9 Å². The number of hydrogen-bond donors (Lipinski definition) is 5. The van der Waals surface area contributed by atoms with E-state index in [1.54, 1.807) is 0 Å². The van der Waals surface area contributed by atoms with Gasteiger partial charge in [0.25, 0.3) is 0 Å². The molecular weight excluding hydrogens is 276 g/mol. The molecule has 0 bridgehead atoms. The average Bonchev–Trinajstić information content (AvgIpc) is 2.30. The van der Waals surface area contributed by atoms with Crippen molar-refractivity contribution in [3.63, 3.8) is 0 Å². The zero-order valence-electron chi connectivity index (χ0n) is 13.2. The van der Waals surface area contributed by atoms with E-state index in [1.165, 1.54) is 0 Å². The molecule has 7 heteroatoms. The fraction of sp³-hybridized carbons (Fsp3) is 0.857. The van der Waals surface area contributed by atoms with E-state index in [0.717, 1.165) is 0 Å². The molecule has 0 fully saturated rings. The zero-order valence-corrected chi connectivity index (χ0v) is 13.2. The van der Waals surface area contributed by atoms with Gasteiger partial charge in [0.1, 0.15) is 6.04 Å². The van der Waals surface area contributed by atoms with Crippen molar-refractivity contribution in [3.05, 3.63) is 0 Å². The molecule has 0 unspecified atom stereocenters. The van der Waals surface area contributed by atoms with E-state index in [4.69, 9.17) is 10.2 Å². The van der Waals surface area contributed by atoms with Crippen LogP contribution in [0.25, 0.3) is 0 Å². The number of nitrogens with one attached hydrogen (secondary N) is 2. The molecule has 0 radical (unpaired) electrons. The Kier molecular flexibility index (Phi) is 9.16. The molecular formula is C14H28N2O5. The van der Waals surface area contributed by atoms with Crippen LogP contribution in [0.3, 0.4) is 0 Å². The standard InChI is InChI=1S/C14H28N2O5/c1-8(2)5-10(12(17)7-13(18)19)15-16-11(14(20)21)6-9(3)4/h8-12,15-17H,5-7H2,1-4H3,(H,18,19)(H,20,21)/t10-,11-,12-/m0/s1. The monoisotopic (exact) mass is 304 g/mol. The van der Waals surface area contributed by atoms with Crippen LogP contribution in [-0.4, -0.2) is 45.4 Å². The molecule has 0 aromatic carbocycles. The summed E-state index contributed by atoms with van der Waals surface area (Å²) in [6, 6.07) is -1.30. The van der Waals surface area contributed by atoms with Crippen LogP contribution in [0.1, 0.15) is 47.0 Å². The van der Waals surface area contributed by atoms with E-state index in [9.17, 15) is 14.7 Å². The summed E-state index contributed by atoms with van der Waals surface area (Å²) in [4.78, 5) is 21.8. The number of aliphatic hydroxyl groups is 1. The maximum Gasteiger partial charge on any atom is 0.322 e. The Morgan fingerprint density at radius 3 is 1.86 bits per heavy atom. The van der Waals surface area contributed by atoms with Gasteiger partial charge in [-0.25, -0.2) is 5.43 Å². The van der Waals surface area contributed by atoms with E-state index in [1.807, 2.05) is 27.7 Å². The van der Waals surface area contributed by atoms with Gasteiger partial charge in [0.2, 0.25) is 0 Å². The first kappa shape index (κ1) is 19.8. The maximum absolute atomic E-state index is 11.2. The minimum absolute atomic E-state index is 0.202. The lowest BCUT2D eigenvalue weighted by Crippen LogP contribution is -2.54. The number of hydrazine groups is 1. The molecule has 0 aliphatic carbocycles. The molecule has 0 aromatic rings. The van der Waals surface area contributed by atoms with Gasteiger partial charge in [0, 0.05) is 6.04 Å². The molecule has 21 heavy (non-hydrogen) atoms. The Morgan fingerprint density at radius 2 is 1.48 bits per heavy atom. The highest BCUT2D eigenvalue weighted by Gasteiger charge is 2.25. The largest absolute Gasteiger partial charge is 0.481 e. The van der Waals surface area contributed by atoms with Crippen LogP contribution >= 0.6 is 0 Å². The third-order valence-electron chi connectivity index (χ3n) is 3.02. The van der Waals surface area contributed by atoms with Crippen molar-refractivity contribution in [2.45, 2.75) is 65.1 Å². The summed E-state index contributed by atoms with van der Waals surface area (Å²) >= 11 is 0. The van der Waals surface area contributed by atoms with Crippen LogP contribution in [0.5, 0.6) is 0 Å². The van der Waals surface area contributed by atoms with Crippen molar-refractivity contribution in [3.8, 4) is 0 Å². The highest BCUT2D eigenvalue weighted by molar-refractivity contribution is 5.73. The zero-order chi connectivity index (χ0) is 16.6. The molecule has 0 rings (SSSR count). The van der Waals surface area contributed by atoms with E-state index in [-0.39, 0.29) is 18.3 Å². The number of rotatable bonds is 11. The number of carboxylic acid groups (broad SMARTS) is 2. The topological polar surface area (TPSA) is 119 Å². The van der Waals surface area contributed by atoms with E-state index in [2.05, 4.69) is 10.9 Å². The smallest absolute Gasteiger partial charge is 0.322 e. The first-order valence-corrected chi connectivity index (χ1v) is 7.27. The molecule has 0 aliphatic heterocycles. The molecule has 0 heterocycles. The van der Waals surface area contributed by atoms with Crippen LogP contribution < -0.4 is 10.9 Å². The van der Waals surface area contributed by atoms with Gasteiger partial charge < -0.3 is 15.3 Å². The van der Waals surface area contributed by atoms with Crippen LogP contribution in [0.4, 0.5) is 0 Å². The van der Waals surface area contributed by atoms with Crippen molar-refractivity contribution in [2.24, 2.45) is 11.8 Å². The molecule has 5 N–H and O–H groups in total. The van der Waals surface area contributed by atoms with Gasteiger partial charge >= 0.3 is 11.9 Å². The average molecular weight is 304 g/mol. The first-order valence-electron chi connectivity index (χ1n) is 7.27. The highest BCUT2D eigenvalue weighted by Crippen LogP contribution is 2.11. The van der Waals surface area contributed by atoms with Gasteiger partial charge in [-0.05, 0) is 24.7 Å². The van der Waals surface area contributed by atoms with Crippen LogP contribution in [0.15, 0.2) is 0 Å². The van der Waals surface area contributed by atoms with Crippen molar-refractivity contribution in [2.75, 3.05) is 0 Å². The normalized spacial score (nSPS) is 16.0. The van der Waals surface area contributed by atoms with Gasteiger partial charge in [0.15, 0.2) is 0 Å². The minimum Gasteiger partial charge on any atom is -0.481 e. The molecule has 124 valence electrons. The summed E-state index contributed by atoms with van der Waals surface area (Å²) in [5.41, 5.74) is 5.51. The van der Waals surface area contributed by atoms with Crippen LogP contribution in [0, 0.1) is 11.8 Å². The SMILES string of the molecule is CC(C)C[C@H](NN[C@@H](CC(C)C)[C@@H](O)CC(=O)O)C(=O)O. The molecule has 7 nitrogen and oxygen atoms in total. The molecule has 0 saturated carbocycles. The lowest BCUT2D eigenvalue weighted by molar-refractivity contribution is -0.142. The third kappa shape index (κ3) is 9.38. The summed E-state index contributed by atoms with van der Waals surface area (Å²) in [6.45, 7) is 7.74.